The lowest BCUT2D eigenvalue weighted by Crippen LogP contribution is -2.28. The number of methoxy groups -OCH3 is 1. The predicted molar refractivity (Wildman–Crippen MR) is 73.8 cm³/mol. The van der Waals surface area contributed by atoms with E-state index < -0.39 is 6.61 Å². The maximum absolute atomic E-state index is 12.4. The minimum atomic E-state index is -2.96. The third-order valence-electron chi connectivity index (χ3n) is 3.51. The highest BCUT2D eigenvalue weighted by Gasteiger charge is 2.30. The van der Waals surface area contributed by atoms with E-state index in [2.05, 4.69) is 15.4 Å². The fourth-order valence-corrected chi connectivity index (χ4v) is 2.32. The number of benzene rings is 1. The summed E-state index contributed by atoms with van der Waals surface area (Å²) in [4.78, 5) is 12.2. The third-order valence-corrected chi connectivity index (χ3v) is 3.51. The first-order valence-corrected chi connectivity index (χ1v) is 6.65. The van der Waals surface area contributed by atoms with Crippen molar-refractivity contribution >= 4 is 11.6 Å². The number of rotatable bonds is 5. The van der Waals surface area contributed by atoms with Crippen LogP contribution in [0.2, 0.25) is 0 Å². The monoisotopic (exact) mass is 300 g/mol. The molecule has 7 heteroatoms. The first-order valence-electron chi connectivity index (χ1n) is 6.65. The summed E-state index contributed by atoms with van der Waals surface area (Å²) in [5, 5.41) is 5.77. The summed E-state index contributed by atoms with van der Waals surface area (Å²) in [5.74, 6) is 0.132. The van der Waals surface area contributed by atoms with Crippen molar-refractivity contribution in [2.75, 3.05) is 25.5 Å². The molecule has 1 saturated heterocycles. The highest BCUT2D eigenvalue weighted by atomic mass is 19.3. The fraction of sp³-hybridized carbons (Fsp3) is 0.500. The van der Waals surface area contributed by atoms with Gasteiger partial charge in [0, 0.05) is 12.6 Å². The van der Waals surface area contributed by atoms with Gasteiger partial charge in [-0.25, -0.2) is 0 Å². The van der Waals surface area contributed by atoms with Crippen LogP contribution in [0.5, 0.6) is 11.5 Å². The van der Waals surface area contributed by atoms with Gasteiger partial charge in [-0.2, -0.15) is 8.78 Å². The Bertz CT molecular complexity index is 511. The maximum atomic E-state index is 12.4. The molecule has 0 saturated carbocycles. The van der Waals surface area contributed by atoms with Gasteiger partial charge in [0.1, 0.15) is 11.5 Å². The normalized spacial score (nSPS) is 21.4. The van der Waals surface area contributed by atoms with E-state index in [0.717, 1.165) is 6.54 Å². The molecule has 1 aliphatic heterocycles. The third kappa shape index (κ3) is 3.81. The van der Waals surface area contributed by atoms with Gasteiger partial charge in [0.2, 0.25) is 5.91 Å². The number of ether oxygens (including phenoxy) is 2. The van der Waals surface area contributed by atoms with Crippen molar-refractivity contribution in [1.29, 1.82) is 0 Å². The molecule has 116 valence electrons. The van der Waals surface area contributed by atoms with Crippen LogP contribution in [0.3, 0.4) is 0 Å². The van der Waals surface area contributed by atoms with Crippen LogP contribution in [-0.4, -0.2) is 32.7 Å². The molecule has 21 heavy (non-hydrogen) atoms. The van der Waals surface area contributed by atoms with E-state index in [4.69, 9.17) is 4.74 Å². The van der Waals surface area contributed by atoms with E-state index in [-0.39, 0.29) is 29.2 Å². The molecular weight excluding hydrogens is 282 g/mol. The molecular formula is C14H18F2N2O3. The van der Waals surface area contributed by atoms with Crippen molar-refractivity contribution in [3.8, 4) is 11.5 Å². The van der Waals surface area contributed by atoms with Crippen LogP contribution in [0.1, 0.15) is 6.92 Å². The molecule has 2 unspecified atom stereocenters. The Kier molecular flexibility index (Phi) is 4.95. The first kappa shape index (κ1) is 15.5. The molecule has 0 aromatic heterocycles. The van der Waals surface area contributed by atoms with Gasteiger partial charge in [0.15, 0.2) is 0 Å². The largest absolute Gasteiger partial charge is 0.497 e. The standard InChI is InChI=1S/C14H18F2N2O3/c1-8-6-17-7-10(8)13(19)18-11-5-9(20-2)3-4-12(11)21-14(15)16/h3-5,8,10,14,17H,6-7H2,1-2H3,(H,18,19). The zero-order valence-electron chi connectivity index (χ0n) is 11.9. The zero-order chi connectivity index (χ0) is 15.4. The summed E-state index contributed by atoms with van der Waals surface area (Å²) >= 11 is 0. The van der Waals surface area contributed by atoms with E-state index in [1.54, 1.807) is 0 Å². The number of amides is 1. The van der Waals surface area contributed by atoms with E-state index in [0.29, 0.717) is 12.3 Å². The number of anilines is 1. The Hall–Kier alpha value is -1.89. The average Bonchev–Trinajstić information content (AvgIpc) is 2.86. The van der Waals surface area contributed by atoms with Crippen LogP contribution in [0.4, 0.5) is 14.5 Å². The molecule has 0 radical (unpaired) electrons. The number of alkyl halides is 2. The number of carbonyl (C=O) groups excluding carboxylic acids is 1. The van der Waals surface area contributed by atoms with Crippen LogP contribution in [0.25, 0.3) is 0 Å². The Morgan fingerprint density at radius 2 is 2.19 bits per heavy atom. The summed E-state index contributed by atoms with van der Waals surface area (Å²) in [7, 11) is 1.46. The second-order valence-corrected chi connectivity index (χ2v) is 4.97. The van der Waals surface area contributed by atoms with Gasteiger partial charge in [-0.05, 0) is 24.6 Å². The van der Waals surface area contributed by atoms with E-state index in [9.17, 15) is 13.6 Å². The van der Waals surface area contributed by atoms with Gasteiger partial charge in [0.25, 0.3) is 0 Å². The fourth-order valence-electron chi connectivity index (χ4n) is 2.32. The summed E-state index contributed by atoms with van der Waals surface area (Å²) in [6, 6.07) is 4.30. The quantitative estimate of drug-likeness (QED) is 0.874. The number of carbonyl (C=O) groups is 1. The topological polar surface area (TPSA) is 59.6 Å². The smallest absolute Gasteiger partial charge is 0.387 e. The molecule has 1 aliphatic rings. The average molecular weight is 300 g/mol. The molecule has 2 atom stereocenters. The molecule has 5 nitrogen and oxygen atoms in total. The lowest BCUT2D eigenvalue weighted by Gasteiger charge is -2.17. The van der Waals surface area contributed by atoms with Gasteiger partial charge >= 0.3 is 6.61 Å². The Morgan fingerprint density at radius 3 is 2.76 bits per heavy atom. The number of hydrogen-bond acceptors (Lipinski definition) is 4. The van der Waals surface area contributed by atoms with Gasteiger partial charge in [-0.1, -0.05) is 6.92 Å². The van der Waals surface area contributed by atoms with E-state index in [1.807, 2.05) is 6.92 Å². The van der Waals surface area contributed by atoms with Crippen LogP contribution >= 0.6 is 0 Å². The van der Waals surface area contributed by atoms with E-state index in [1.165, 1.54) is 25.3 Å². The highest BCUT2D eigenvalue weighted by Crippen LogP contribution is 2.31. The van der Waals surface area contributed by atoms with Crippen molar-refractivity contribution in [2.24, 2.45) is 11.8 Å². The second kappa shape index (κ2) is 6.71. The van der Waals surface area contributed by atoms with Gasteiger partial charge in [-0.15, -0.1) is 0 Å². The predicted octanol–water partition coefficient (Wildman–Crippen LogP) is 2.09. The lowest BCUT2D eigenvalue weighted by atomic mass is 9.97. The van der Waals surface area contributed by atoms with Crippen molar-refractivity contribution in [1.82, 2.24) is 5.32 Å². The molecule has 1 fully saturated rings. The zero-order valence-corrected chi connectivity index (χ0v) is 11.9. The Balaban J connectivity index is 2.18. The van der Waals surface area contributed by atoms with Crippen molar-refractivity contribution in [2.45, 2.75) is 13.5 Å². The van der Waals surface area contributed by atoms with Gasteiger partial charge in [0.05, 0.1) is 18.7 Å². The Morgan fingerprint density at radius 1 is 1.43 bits per heavy atom. The van der Waals surface area contributed by atoms with Crippen LogP contribution in [0.15, 0.2) is 18.2 Å². The number of halogens is 2. The summed E-state index contributed by atoms with van der Waals surface area (Å²) in [5.41, 5.74) is 0.179. The summed E-state index contributed by atoms with van der Waals surface area (Å²) in [6.07, 6.45) is 0. The van der Waals surface area contributed by atoms with Crippen molar-refractivity contribution < 1.29 is 23.0 Å². The van der Waals surface area contributed by atoms with E-state index >= 15 is 0 Å². The van der Waals surface area contributed by atoms with Crippen molar-refractivity contribution in [3.63, 3.8) is 0 Å². The molecule has 1 aromatic carbocycles. The molecule has 0 spiro atoms. The van der Waals surface area contributed by atoms with Crippen LogP contribution < -0.4 is 20.1 Å². The second-order valence-electron chi connectivity index (χ2n) is 4.97. The minimum Gasteiger partial charge on any atom is -0.497 e. The molecule has 2 N–H and O–H groups in total. The molecule has 0 aliphatic carbocycles. The van der Waals surface area contributed by atoms with Crippen LogP contribution in [-0.2, 0) is 4.79 Å². The Labute approximate surface area is 121 Å². The van der Waals surface area contributed by atoms with Gasteiger partial charge in [-0.3, -0.25) is 4.79 Å². The van der Waals surface area contributed by atoms with Gasteiger partial charge < -0.3 is 20.1 Å². The molecule has 1 aromatic rings. The van der Waals surface area contributed by atoms with Crippen LogP contribution in [0, 0.1) is 11.8 Å². The molecule has 0 bridgehead atoms. The SMILES string of the molecule is COc1ccc(OC(F)F)c(NC(=O)C2CNCC2C)c1. The number of hydrogen-bond donors (Lipinski definition) is 2. The molecule has 1 heterocycles. The first-order chi connectivity index (χ1) is 10.0. The molecule has 2 rings (SSSR count). The maximum Gasteiger partial charge on any atom is 0.387 e. The molecule has 1 amide bonds. The summed E-state index contributed by atoms with van der Waals surface area (Å²) < 4.78 is 34.3. The number of nitrogens with one attached hydrogen (secondary N) is 2. The minimum absolute atomic E-state index is 0.0854. The highest BCUT2D eigenvalue weighted by molar-refractivity contribution is 5.94. The van der Waals surface area contributed by atoms with Crippen molar-refractivity contribution in [3.05, 3.63) is 18.2 Å². The lowest BCUT2D eigenvalue weighted by molar-refractivity contribution is -0.120. The summed E-state index contributed by atoms with van der Waals surface area (Å²) in [6.45, 7) is 0.339.